The van der Waals surface area contributed by atoms with E-state index in [-0.39, 0.29) is 0 Å². The Balaban J connectivity index is 1.52. The smallest absolute Gasteiger partial charge is 0.127 e. The van der Waals surface area contributed by atoms with E-state index in [2.05, 4.69) is 24.3 Å². The molecule has 0 saturated heterocycles. The average Bonchev–Trinajstić information content (AvgIpc) is 3.12. The quantitative estimate of drug-likeness (QED) is 0.812. The van der Waals surface area contributed by atoms with Gasteiger partial charge in [-0.25, -0.2) is 0 Å². The molecule has 0 aliphatic heterocycles. The monoisotopic (exact) mass is 279 g/mol. The second-order valence-corrected chi connectivity index (χ2v) is 6.62. The van der Waals surface area contributed by atoms with Gasteiger partial charge in [0, 0.05) is 5.69 Å². The number of hydrogen-bond donors (Lipinski definition) is 1. The summed E-state index contributed by atoms with van der Waals surface area (Å²) in [4.78, 5) is 0. The van der Waals surface area contributed by atoms with Crippen LogP contribution in [0.25, 0.3) is 0 Å². The minimum Gasteiger partial charge on any atom is -0.457 e. The first kappa shape index (κ1) is 12.8. The van der Waals surface area contributed by atoms with Crippen molar-refractivity contribution < 1.29 is 4.74 Å². The summed E-state index contributed by atoms with van der Waals surface area (Å²) >= 11 is 0. The number of hydrogen-bond acceptors (Lipinski definition) is 2. The molecular formula is C19H21NO. The zero-order valence-electron chi connectivity index (χ0n) is 12.2. The number of fused-ring (bicyclic) bond motifs is 2. The van der Waals surface area contributed by atoms with Crippen molar-refractivity contribution in [1.82, 2.24) is 0 Å². The minimum atomic E-state index is 0.477. The van der Waals surface area contributed by atoms with Gasteiger partial charge < -0.3 is 10.5 Å². The highest BCUT2D eigenvalue weighted by Gasteiger charge is 2.45. The van der Waals surface area contributed by atoms with Crippen molar-refractivity contribution >= 4 is 5.69 Å². The average molecular weight is 279 g/mol. The van der Waals surface area contributed by atoms with E-state index < -0.39 is 0 Å². The van der Waals surface area contributed by atoms with Crippen LogP contribution in [0.2, 0.25) is 0 Å². The zero-order chi connectivity index (χ0) is 14.3. The van der Waals surface area contributed by atoms with Crippen LogP contribution in [0.5, 0.6) is 11.5 Å². The second-order valence-electron chi connectivity index (χ2n) is 6.62. The lowest BCUT2D eigenvalue weighted by Gasteiger charge is -2.27. The van der Waals surface area contributed by atoms with E-state index in [0.29, 0.717) is 5.41 Å². The Morgan fingerprint density at radius 3 is 1.95 bits per heavy atom. The molecule has 0 aromatic heterocycles. The summed E-state index contributed by atoms with van der Waals surface area (Å²) < 4.78 is 5.87. The third-order valence-corrected chi connectivity index (χ3v) is 5.32. The Bertz CT molecular complexity index is 622. The van der Waals surface area contributed by atoms with Crippen LogP contribution in [-0.4, -0.2) is 0 Å². The third kappa shape index (κ3) is 2.29. The molecule has 0 amide bonds. The highest BCUT2D eigenvalue weighted by Crippen LogP contribution is 2.55. The van der Waals surface area contributed by atoms with Crippen LogP contribution in [0.3, 0.4) is 0 Å². The zero-order valence-corrected chi connectivity index (χ0v) is 12.2. The van der Waals surface area contributed by atoms with E-state index in [1.165, 1.54) is 37.7 Å². The Labute approximate surface area is 125 Å². The number of nitrogens with two attached hydrogens (primary N) is 1. The van der Waals surface area contributed by atoms with Gasteiger partial charge in [0.05, 0.1) is 0 Å². The van der Waals surface area contributed by atoms with Gasteiger partial charge in [0.1, 0.15) is 11.5 Å². The van der Waals surface area contributed by atoms with E-state index in [0.717, 1.165) is 23.1 Å². The van der Waals surface area contributed by atoms with Gasteiger partial charge in [-0.05, 0) is 85.4 Å². The molecule has 0 spiro atoms. The largest absolute Gasteiger partial charge is 0.457 e. The predicted molar refractivity (Wildman–Crippen MR) is 85.6 cm³/mol. The van der Waals surface area contributed by atoms with Crippen molar-refractivity contribution in [3.63, 3.8) is 0 Å². The van der Waals surface area contributed by atoms with Gasteiger partial charge in [-0.3, -0.25) is 0 Å². The maximum atomic E-state index is 5.87. The van der Waals surface area contributed by atoms with Crippen LogP contribution in [0.4, 0.5) is 5.69 Å². The summed E-state index contributed by atoms with van der Waals surface area (Å²) in [6.45, 7) is 0. The number of ether oxygens (including phenoxy) is 1. The Morgan fingerprint density at radius 1 is 0.857 bits per heavy atom. The normalized spacial score (nSPS) is 27.0. The van der Waals surface area contributed by atoms with Gasteiger partial charge in [-0.1, -0.05) is 12.1 Å². The molecule has 2 aliphatic rings. The Morgan fingerprint density at radius 2 is 1.43 bits per heavy atom. The summed E-state index contributed by atoms with van der Waals surface area (Å²) in [6, 6.07) is 16.3. The molecule has 108 valence electrons. The van der Waals surface area contributed by atoms with E-state index >= 15 is 0 Å². The lowest BCUT2D eigenvalue weighted by molar-refractivity contribution is 0.418. The molecule has 2 aliphatic carbocycles. The van der Waals surface area contributed by atoms with E-state index in [4.69, 9.17) is 10.5 Å². The van der Waals surface area contributed by atoms with Gasteiger partial charge in [0.15, 0.2) is 0 Å². The topological polar surface area (TPSA) is 35.2 Å². The molecule has 4 rings (SSSR count). The molecule has 2 fully saturated rings. The van der Waals surface area contributed by atoms with E-state index in [9.17, 15) is 0 Å². The molecule has 2 bridgehead atoms. The van der Waals surface area contributed by atoms with Crippen molar-refractivity contribution in [2.24, 2.45) is 5.92 Å². The first-order valence-corrected chi connectivity index (χ1v) is 7.88. The van der Waals surface area contributed by atoms with Crippen molar-refractivity contribution in [3.8, 4) is 11.5 Å². The fourth-order valence-electron chi connectivity index (χ4n) is 4.15. The van der Waals surface area contributed by atoms with Crippen LogP contribution >= 0.6 is 0 Å². The SMILES string of the molecule is Nc1ccc(Oc2ccc(C34CCC(CC3)C4)cc2)cc1. The maximum Gasteiger partial charge on any atom is 0.127 e. The summed E-state index contributed by atoms with van der Waals surface area (Å²) in [5.74, 6) is 2.71. The molecule has 0 heterocycles. The van der Waals surface area contributed by atoms with E-state index in [1.807, 2.05) is 24.3 Å². The van der Waals surface area contributed by atoms with Gasteiger partial charge in [-0.2, -0.15) is 0 Å². The van der Waals surface area contributed by atoms with E-state index in [1.54, 1.807) is 0 Å². The summed E-state index contributed by atoms with van der Waals surface area (Å²) in [5.41, 5.74) is 8.43. The lowest BCUT2D eigenvalue weighted by Crippen LogP contribution is -2.19. The van der Waals surface area contributed by atoms with Crippen LogP contribution in [0.1, 0.15) is 37.7 Å². The van der Waals surface area contributed by atoms with Crippen molar-refractivity contribution in [3.05, 3.63) is 54.1 Å². The number of rotatable bonds is 3. The molecular weight excluding hydrogens is 258 g/mol. The number of benzene rings is 2. The molecule has 2 heteroatoms. The third-order valence-electron chi connectivity index (χ3n) is 5.32. The maximum absolute atomic E-state index is 5.87. The Kier molecular flexibility index (Phi) is 2.91. The Hall–Kier alpha value is -1.96. The van der Waals surface area contributed by atoms with Crippen molar-refractivity contribution in [2.75, 3.05) is 5.73 Å². The standard InChI is InChI=1S/C19H21NO/c20-16-3-7-18(8-4-16)21-17-5-1-15(2-6-17)19-11-9-14(13-19)10-12-19/h1-8,14H,9-13,20H2. The first-order chi connectivity index (χ1) is 10.2. The van der Waals surface area contributed by atoms with Crippen LogP contribution in [0, 0.1) is 5.92 Å². The van der Waals surface area contributed by atoms with Gasteiger partial charge in [-0.15, -0.1) is 0 Å². The van der Waals surface area contributed by atoms with Gasteiger partial charge >= 0.3 is 0 Å². The highest BCUT2D eigenvalue weighted by atomic mass is 16.5. The summed E-state index contributed by atoms with van der Waals surface area (Å²) in [5, 5.41) is 0. The van der Waals surface area contributed by atoms with Crippen LogP contribution in [-0.2, 0) is 5.41 Å². The second kappa shape index (κ2) is 4.80. The molecule has 2 aromatic carbocycles. The predicted octanol–water partition coefficient (Wildman–Crippen LogP) is 4.89. The van der Waals surface area contributed by atoms with Crippen LogP contribution in [0.15, 0.2) is 48.5 Å². The molecule has 0 unspecified atom stereocenters. The lowest BCUT2D eigenvalue weighted by atomic mass is 9.78. The fourth-order valence-corrected chi connectivity index (χ4v) is 4.15. The highest BCUT2D eigenvalue weighted by molar-refractivity contribution is 5.43. The fraction of sp³-hybridized carbons (Fsp3) is 0.368. The molecule has 2 N–H and O–H groups in total. The van der Waals surface area contributed by atoms with Crippen molar-refractivity contribution in [2.45, 2.75) is 37.5 Å². The molecule has 2 aromatic rings. The molecule has 2 nitrogen and oxygen atoms in total. The van der Waals surface area contributed by atoms with Crippen molar-refractivity contribution in [1.29, 1.82) is 0 Å². The number of anilines is 1. The summed E-state index contributed by atoms with van der Waals surface area (Å²) in [6.07, 6.45) is 6.98. The molecule has 21 heavy (non-hydrogen) atoms. The summed E-state index contributed by atoms with van der Waals surface area (Å²) in [7, 11) is 0. The molecule has 0 atom stereocenters. The van der Waals surface area contributed by atoms with Crippen LogP contribution < -0.4 is 10.5 Å². The molecule has 2 saturated carbocycles. The number of nitrogen functional groups attached to an aromatic ring is 1. The van der Waals surface area contributed by atoms with Gasteiger partial charge in [0.25, 0.3) is 0 Å². The first-order valence-electron chi connectivity index (χ1n) is 7.88. The van der Waals surface area contributed by atoms with Gasteiger partial charge in [0.2, 0.25) is 0 Å². The minimum absolute atomic E-state index is 0.477. The molecule has 0 radical (unpaired) electrons.